The van der Waals surface area contributed by atoms with Crippen LogP contribution in [0, 0.1) is 0 Å². The number of hydrogen-bond donors (Lipinski definition) is 2. The average molecular weight is 392 g/mol. The van der Waals surface area contributed by atoms with Crippen LogP contribution in [-0.2, 0) is 28.4 Å². The van der Waals surface area contributed by atoms with Gasteiger partial charge in [-0.05, 0) is 24.3 Å². The van der Waals surface area contributed by atoms with Crippen molar-refractivity contribution in [1.82, 2.24) is 4.57 Å². The van der Waals surface area contributed by atoms with Crippen LogP contribution >= 0.6 is 23.2 Å². The summed E-state index contributed by atoms with van der Waals surface area (Å²) in [5.41, 5.74) is 1.22. The zero-order valence-electron chi connectivity index (χ0n) is 12.8. The lowest BCUT2D eigenvalue weighted by Crippen LogP contribution is -2.15. The maximum absolute atomic E-state index is 11.9. The van der Waals surface area contributed by atoms with E-state index >= 15 is 0 Å². The highest BCUT2D eigenvalue weighted by Crippen LogP contribution is 2.26. The van der Waals surface area contributed by atoms with Crippen LogP contribution in [0.3, 0.4) is 0 Å². The molecule has 0 atom stereocenters. The largest absolute Gasteiger partial charge is 0.465 e. The van der Waals surface area contributed by atoms with Gasteiger partial charge in [-0.3, -0.25) is 0 Å². The van der Waals surface area contributed by atoms with Crippen LogP contribution in [0.15, 0.2) is 29.2 Å². The van der Waals surface area contributed by atoms with Gasteiger partial charge in [-0.1, -0.05) is 23.2 Å². The van der Waals surface area contributed by atoms with Crippen LogP contribution in [0.1, 0.15) is 16.1 Å². The summed E-state index contributed by atoms with van der Waals surface area (Å²) < 4.78 is 29.3. The Morgan fingerprint density at radius 2 is 2.00 bits per heavy atom. The standard InChI is InChI=1S/C14H15Cl2N3O4S/c1-19-8(5-11(15)13(19)16)7-18-12-4-3-9(24(17,21)22)6-10(12)14(20)23-2/h3-6,18H,7H2,1-2H3,(H2,17,21,22). The lowest BCUT2D eigenvalue weighted by Gasteiger charge is -2.12. The van der Waals surface area contributed by atoms with E-state index in [4.69, 9.17) is 28.3 Å². The minimum absolute atomic E-state index is 0.0513. The maximum Gasteiger partial charge on any atom is 0.340 e. The van der Waals surface area contributed by atoms with E-state index in [1.54, 1.807) is 17.7 Å². The molecule has 130 valence electrons. The molecule has 3 N–H and O–H groups in total. The number of sulfonamides is 1. The summed E-state index contributed by atoms with van der Waals surface area (Å²) in [5.74, 6) is -0.689. The summed E-state index contributed by atoms with van der Waals surface area (Å²) in [6, 6.07) is 5.59. The molecule has 0 aliphatic heterocycles. The van der Waals surface area contributed by atoms with Crippen molar-refractivity contribution in [3.63, 3.8) is 0 Å². The predicted molar refractivity (Wildman–Crippen MR) is 91.9 cm³/mol. The molecule has 0 spiro atoms. The van der Waals surface area contributed by atoms with Crippen molar-refractivity contribution in [1.29, 1.82) is 0 Å². The van der Waals surface area contributed by atoms with Gasteiger partial charge in [-0.25, -0.2) is 18.4 Å². The Balaban J connectivity index is 2.35. The van der Waals surface area contributed by atoms with E-state index < -0.39 is 16.0 Å². The van der Waals surface area contributed by atoms with Crippen molar-refractivity contribution in [3.05, 3.63) is 45.7 Å². The number of carbonyl (C=O) groups is 1. The Morgan fingerprint density at radius 1 is 1.33 bits per heavy atom. The van der Waals surface area contributed by atoms with Crippen LogP contribution in [0.4, 0.5) is 5.69 Å². The van der Waals surface area contributed by atoms with Crippen LogP contribution in [0.25, 0.3) is 0 Å². The molecule has 0 radical (unpaired) electrons. The fourth-order valence-electron chi connectivity index (χ4n) is 2.08. The molecular formula is C14H15Cl2N3O4S. The molecule has 0 aliphatic rings. The third kappa shape index (κ3) is 3.84. The molecule has 10 heteroatoms. The molecule has 2 aromatic rings. The molecule has 1 aromatic heterocycles. The summed E-state index contributed by atoms with van der Waals surface area (Å²) in [4.78, 5) is 11.7. The molecule has 1 aromatic carbocycles. The second-order valence-electron chi connectivity index (χ2n) is 4.93. The fourth-order valence-corrected chi connectivity index (χ4v) is 3.03. The number of nitrogens with zero attached hydrogens (tertiary/aromatic N) is 1. The Bertz CT molecular complexity index is 894. The highest BCUT2D eigenvalue weighted by atomic mass is 35.5. The van der Waals surface area contributed by atoms with Crippen molar-refractivity contribution < 1.29 is 17.9 Å². The lowest BCUT2D eigenvalue weighted by atomic mass is 10.1. The van der Waals surface area contributed by atoms with Gasteiger partial charge in [-0.2, -0.15) is 0 Å². The summed E-state index contributed by atoms with van der Waals surface area (Å²) in [5, 5.41) is 8.92. The maximum atomic E-state index is 11.9. The first-order chi connectivity index (χ1) is 11.1. The Labute approximate surface area is 149 Å². The summed E-state index contributed by atoms with van der Waals surface area (Å²) in [6.07, 6.45) is 0. The summed E-state index contributed by atoms with van der Waals surface area (Å²) in [6.45, 7) is 0.307. The average Bonchev–Trinajstić information content (AvgIpc) is 2.78. The number of carbonyl (C=O) groups excluding carboxylic acids is 1. The van der Waals surface area contributed by atoms with Gasteiger partial charge < -0.3 is 14.6 Å². The second-order valence-corrected chi connectivity index (χ2v) is 7.26. The van der Waals surface area contributed by atoms with Crippen molar-refractivity contribution in [2.45, 2.75) is 11.4 Å². The molecule has 2 rings (SSSR count). The zero-order valence-corrected chi connectivity index (χ0v) is 15.2. The first-order valence-electron chi connectivity index (χ1n) is 6.63. The van der Waals surface area contributed by atoms with E-state index in [9.17, 15) is 13.2 Å². The lowest BCUT2D eigenvalue weighted by molar-refractivity contribution is 0.0601. The molecule has 0 unspecified atom stereocenters. The van der Waals surface area contributed by atoms with Gasteiger partial charge in [0.25, 0.3) is 0 Å². The van der Waals surface area contributed by atoms with E-state index in [1.165, 1.54) is 19.2 Å². The van der Waals surface area contributed by atoms with Gasteiger partial charge in [0, 0.05) is 18.4 Å². The Kier molecular flexibility index (Phi) is 5.44. The van der Waals surface area contributed by atoms with Gasteiger partial charge in [0.05, 0.1) is 29.1 Å². The molecule has 0 saturated carbocycles. The number of methoxy groups -OCH3 is 1. The van der Waals surface area contributed by atoms with E-state index in [1.807, 2.05) is 0 Å². The highest BCUT2D eigenvalue weighted by Gasteiger charge is 2.17. The third-order valence-corrected chi connectivity index (χ3v) is 5.15. The number of halogens is 2. The van der Waals surface area contributed by atoms with Crippen LogP contribution in [0.5, 0.6) is 0 Å². The fraction of sp³-hybridized carbons (Fsp3) is 0.214. The molecular weight excluding hydrogens is 377 g/mol. The predicted octanol–water partition coefficient (Wildman–Crippen LogP) is 2.38. The molecule has 0 aliphatic carbocycles. The van der Waals surface area contributed by atoms with E-state index in [0.29, 0.717) is 22.4 Å². The van der Waals surface area contributed by atoms with E-state index in [0.717, 1.165) is 11.8 Å². The highest BCUT2D eigenvalue weighted by molar-refractivity contribution is 7.89. The van der Waals surface area contributed by atoms with Gasteiger partial charge in [0.1, 0.15) is 5.15 Å². The van der Waals surface area contributed by atoms with Crippen molar-refractivity contribution in [3.8, 4) is 0 Å². The SMILES string of the molecule is COC(=O)c1cc(S(N)(=O)=O)ccc1NCc1cc(Cl)c(Cl)n1C. The number of hydrogen-bond acceptors (Lipinski definition) is 5. The van der Waals surface area contributed by atoms with E-state index in [-0.39, 0.29) is 10.5 Å². The monoisotopic (exact) mass is 391 g/mol. The van der Waals surface area contributed by atoms with Crippen LogP contribution in [0.2, 0.25) is 10.2 Å². The number of rotatable bonds is 5. The molecule has 0 bridgehead atoms. The summed E-state index contributed by atoms with van der Waals surface area (Å²) in [7, 11) is -0.987. The number of anilines is 1. The van der Waals surface area contributed by atoms with E-state index in [2.05, 4.69) is 10.1 Å². The second kappa shape index (κ2) is 7.02. The molecule has 24 heavy (non-hydrogen) atoms. The molecule has 7 nitrogen and oxygen atoms in total. The van der Waals surface area contributed by atoms with Crippen molar-refractivity contribution in [2.24, 2.45) is 12.2 Å². The molecule has 1 heterocycles. The number of esters is 1. The normalized spacial score (nSPS) is 11.4. The zero-order chi connectivity index (χ0) is 18.1. The first kappa shape index (κ1) is 18.6. The smallest absolute Gasteiger partial charge is 0.340 e. The number of nitrogens with one attached hydrogen (secondary N) is 1. The van der Waals surface area contributed by atoms with Crippen LogP contribution < -0.4 is 10.5 Å². The Morgan fingerprint density at radius 3 is 2.50 bits per heavy atom. The first-order valence-corrected chi connectivity index (χ1v) is 8.94. The topological polar surface area (TPSA) is 103 Å². The number of aromatic nitrogens is 1. The minimum atomic E-state index is -3.93. The number of nitrogens with two attached hydrogens (primary N) is 1. The molecule has 0 fully saturated rings. The third-order valence-electron chi connectivity index (χ3n) is 3.40. The van der Waals surface area contributed by atoms with Gasteiger partial charge in [0.2, 0.25) is 10.0 Å². The van der Waals surface area contributed by atoms with Gasteiger partial charge >= 0.3 is 5.97 Å². The van der Waals surface area contributed by atoms with Crippen LogP contribution in [-0.4, -0.2) is 26.1 Å². The number of primary sulfonamides is 1. The summed E-state index contributed by atoms with van der Waals surface area (Å²) >= 11 is 12.0. The van der Waals surface area contributed by atoms with Gasteiger partial charge in [-0.15, -0.1) is 0 Å². The molecule has 0 amide bonds. The Hall–Kier alpha value is -1.74. The minimum Gasteiger partial charge on any atom is -0.465 e. The molecule has 0 saturated heterocycles. The van der Waals surface area contributed by atoms with Crippen molar-refractivity contribution in [2.75, 3.05) is 12.4 Å². The van der Waals surface area contributed by atoms with Crippen molar-refractivity contribution >= 4 is 44.9 Å². The number of benzene rings is 1. The number of ether oxygens (including phenoxy) is 1. The van der Waals surface area contributed by atoms with Gasteiger partial charge in [0.15, 0.2) is 0 Å². The quantitative estimate of drug-likeness (QED) is 0.761.